The second-order valence-corrected chi connectivity index (χ2v) is 4.70. The van der Waals surface area contributed by atoms with E-state index in [9.17, 15) is 8.42 Å². The fourth-order valence-electron chi connectivity index (χ4n) is 0.893. The van der Waals surface area contributed by atoms with Crippen LogP contribution < -0.4 is 0 Å². The van der Waals surface area contributed by atoms with E-state index in [-0.39, 0.29) is 11.4 Å². The van der Waals surface area contributed by atoms with Gasteiger partial charge in [0.15, 0.2) is 0 Å². The van der Waals surface area contributed by atoms with Gasteiger partial charge in [-0.3, -0.25) is 4.98 Å². The quantitative estimate of drug-likeness (QED) is 0.676. The molecule has 0 aliphatic rings. The predicted octanol–water partition coefficient (Wildman–Crippen LogP) is 0.335. The maximum Gasteiger partial charge on any atom is 0.245 e. The molecule has 5 heteroatoms. The SMILES string of the molecule is C#CCN(C)S(=O)(=O)c1cccnc1. The van der Waals surface area contributed by atoms with Crippen molar-refractivity contribution in [2.24, 2.45) is 0 Å². The molecule has 1 heterocycles. The predicted molar refractivity (Wildman–Crippen MR) is 52.9 cm³/mol. The number of terminal acetylenes is 1. The summed E-state index contributed by atoms with van der Waals surface area (Å²) in [4.78, 5) is 3.89. The van der Waals surface area contributed by atoms with Crippen molar-refractivity contribution in [1.82, 2.24) is 9.29 Å². The topological polar surface area (TPSA) is 50.3 Å². The van der Waals surface area contributed by atoms with E-state index in [1.807, 2.05) is 0 Å². The van der Waals surface area contributed by atoms with Gasteiger partial charge in [0.05, 0.1) is 6.54 Å². The number of hydrogen-bond acceptors (Lipinski definition) is 3. The van der Waals surface area contributed by atoms with Crippen LogP contribution in [0.3, 0.4) is 0 Å². The van der Waals surface area contributed by atoms with E-state index >= 15 is 0 Å². The zero-order chi connectivity index (χ0) is 10.6. The van der Waals surface area contributed by atoms with E-state index in [0.29, 0.717) is 0 Å². The van der Waals surface area contributed by atoms with Gasteiger partial charge >= 0.3 is 0 Å². The zero-order valence-electron chi connectivity index (χ0n) is 7.71. The second-order valence-electron chi connectivity index (χ2n) is 2.65. The first-order chi connectivity index (χ1) is 6.59. The van der Waals surface area contributed by atoms with Crippen LogP contribution in [0.5, 0.6) is 0 Å². The maximum absolute atomic E-state index is 11.7. The number of nitrogens with zero attached hydrogens (tertiary/aromatic N) is 2. The summed E-state index contributed by atoms with van der Waals surface area (Å²) in [5.41, 5.74) is 0. The summed E-state index contributed by atoms with van der Waals surface area (Å²) in [6.07, 6.45) is 7.84. The first-order valence-corrected chi connectivity index (χ1v) is 5.33. The summed E-state index contributed by atoms with van der Waals surface area (Å²) >= 11 is 0. The van der Waals surface area contributed by atoms with Gasteiger partial charge in [-0.15, -0.1) is 6.42 Å². The Morgan fingerprint density at radius 2 is 2.36 bits per heavy atom. The van der Waals surface area contributed by atoms with E-state index in [4.69, 9.17) is 6.42 Å². The van der Waals surface area contributed by atoms with Crippen LogP contribution in [0.15, 0.2) is 29.4 Å². The summed E-state index contributed by atoms with van der Waals surface area (Å²) < 4.78 is 24.5. The number of sulfonamides is 1. The smallest absolute Gasteiger partial charge is 0.245 e. The van der Waals surface area contributed by atoms with Crippen LogP contribution in [-0.4, -0.2) is 31.3 Å². The number of pyridine rings is 1. The van der Waals surface area contributed by atoms with Crippen molar-refractivity contribution < 1.29 is 8.42 Å². The Labute approximate surface area is 83.6 Å². The molecule has 0 aliphatic carbocycles. The molecule has 0 spiro atoms. The molecule has 0 radical (unpaired) electrons. The molecule has 0 aromatic carbocycles. The molecule has 74 valence electrons. The molecule has 0 N–H and O–H groups in total. The van der Waals surface area contributed by atoms with E-state index < -0.39 is 10.0 Å². The average molecular weight is 210 g/mol. The Morgan fingerprint density at radius 3 is 2.86 bits per heavy atom. The van der Waals surface area contributed by atoms with Crippen LogP contribution in [0, 0.1) is 12.3 Å². The molecule has 0 fully saturated rings. The minimum Gasteiger partial charge on any atom is -0.263 e. The van der Waals surface area contributed by atoms with Gasteiger partial charge in [0.2, 0.25) is 10.0 Å². The summed E-state index contributed by atoms with van der Waals surface area (Å²) in [6.45, 7) is 0.0528. The molecular weight excluding hydrogens is 200 g/mol. The largest absolute Gasteiger partial charge is 0.263 e. The minimum absolute atomic E-state index is 0.0528. The lowest BCUT2D eigenvalue weighted by Gasteiger charge is -2.13. The van der Waals surface area contributed by atoms with Gasteiger partial charge in [-0.2, -0.15) is 4.31 Å². The van der Waals surface area contributed by atoms with Gasteiger partial charge in [0, 0.05) is 19.4 Å². The Hall–Kier alpha value is -1.38. The van der Waals surface area contributed by atoms with Crippen LogP contribution in [-0.2, 0) is 10.0 Å². The van der Waals surface area contributed by atoms with Crippen LogP contribution >= 0.6 is 0 Å². The third kappa shape index (κ3) is 2.10. The van der Waals surface area contributed by atoms with Gasteiger partial charge in [0.1, 0.15) is 4.90 Å². The third-order valence-corrected chi connectivity index (χ3v) is 3.44. The fourth-order valence-corrected chi connectivity index (χ4v) is 1.94. The standard InChI is InChI=1S/C9H10N2O2S/c1-3-7-11(2)14(12,13)9-5-4-6-10-8-9/h1,4-6,8H,7H2,2H3. The van der Waals surface area contributed by atoms with Crippen molar-refractivity contribution in [2.45, 2.75) is 4.90 Å². The molecule has 1 aromatic heterocycles. The molecule has 14 heavy (non-hydrogen) atoms. The second kappa shape index (κ2) is 4.22. The lowest BCUT2D eigenvalue weighted by molar-refractivity contribution is 0.502. The highest BCUT2D eigenvalue weighted by atomic mass is 32.2. The molecule has 1 rings (SSSR count). The molecule has 0 amide bonds. The molecule has 0 unspecified atom stereocenters. The molecule has 0 saturated carbocycles. The van der Waals surface area contributed by atoms with Crippen molar-refractivity contribution in [3.05, 3.63) is 24.5 Å². The van der Waals surface area contributed by atoms with Crippen molar-refractivity contribution in [3.63, 3.8) is 0 Å². The van der Waals surface area contributed by atoms with Crippen molar-refractivity contribution in [3.8, 4) is 12.3 Å². The van der Waals surface area contributed by atoms with Crippen molar-refractivity contribution >= 4 is 10.0 Å². The van der Waals surface area contributed by atoms with E-state index in [0.717, 1.165) is 4.31 Å². The summed E-state index contributed by atoms with van der Waals surface area (Å²) in [5, 5.41) is 0. The average Bonchev–Trinajstić information content (AvgIpc) is 2.19. The van der Waals surface area contributed by atoms with Crippen molar-refractivity contribution in [2.75, 3.05) is 13.6 Å². The van der Waals surface area contributed by atoms with E-state index in [1.165, 1.54) is 25.5 Å². The van der Waals surface area contributed by atoms with Crippen LogP contribution in [0.25, 0.3) is 0 Å². The van der Waals surface area contributed by atoms with Gasteiger partial charge in [0.25, 0.3) is 0 Å². The highest BCUT2D eigenvalue weighted by molar-refractivity contribution is 7.89. The fraction of sp³-hybridized carbons (Fsp3) is 0.222. The van der Waals surface area contributed by atoms with Gasteiger partial charge in [-0.1, -0.05) is 5.92 Å². The van der Waals surface area contributed by atoms with Gasteiger partial charge in [-0.25, -0.2) is 8.42 Å². The van der Waals surface area contributed by atoms with Gasteiger partial charge < -0.3 is 0 Å². The van der Waals surface area contributed by atoms with E-state index in [1.54, 1.807) is 6.07 Å². The number of rotatable bonds is 3. The molecule has 0 bridgehead atoms. The summed E-state index contributed by atoms with van der Waals surface area (Å²) in [5.74, 6) is 2.27. The zero-order valence-corrected chi connectivity index (χ0v) is 8.53. The Kier molecular flexibility index (Phi) is 3.23. The summed E-state index contributed by atoms with van der Waals surface area (Å²) in [7, 11) is -2.04. The first kappa shape index (κ1) is 10.7. The molecule has 0 saturated heterocycles. The molecule has 4 nitrogen and oxygen atoms in total. The highest BCUT2D eigenvalue weighted by Gasteiger charge is 2.19. The van der Waals surface area contributed by atoms with Crippen LogP contribution in [0.4, 0.5) is 0 Å². The Bertz CT molecular complexity index is 434. The van der Waals surface area contributed by atoms with E-state index in [2.05, 4.69) is 10.9 Å². The summed E-state index contributed by atoms with van der Waals surface area (Å²) in [6, 6.07) is 3.05. The number of hydrogen-bond donors (Lipinski definition) is 0. The highest BCUT2D eigenvalue weighted by Crippen LogP contribution is 2.11. The molecule has 1 aromatic rings. The number of aromatic nitrogens is 1. The lowest BCUT2D eigenvalue weighted by Crippen LogP contribution is -2.27. The molecule has 0 atom stereocenters. The Morgan fingerprint density at radius 1 is 1.64 bits per heavy atom. The Balaban J connectivity index is 3.05. The monoisotopic (exact) mass is 210 g/mol. The first-order valence-electron chi connectivity index (χ1n) is 3.89. The van der Waals surface area contributed by atoms with Crippen molar-refractivity contribution in [1.29, 1.82) is 0 Å². The molecular formula is C9H10N2O2S. The maximum atomic E-state index is 11.7. The molecule has 0 aliphatic heterocycles. The minimum atomic E-state index is -3.47. The van der Waals surface area contributed by atoms with Crippen LogP contribution in [0.1, 0.15) is 0 Å². The van der Waals surface area contributed by atoms with Crippen LogP contribution in [0.2, 0.25) is 0 Å². The lowest BCUT2D eigenvalue weighted by atomic mass is 10.5. The third-order valence-electron chi connectivity index (χ3n) is 1.66. The van der Waals surface area contributed by atoms with Gasteiger partial charge in [-0.05, 0) is 12.1 Å². The normalized spacial score (nSPS) is 11.2.